The van der Waals surface area contributed by atoms with Gasteiger partial charge >= 0.3 is 0 Å². The van der Waals surface area contributed by atoms with Crippen molar-refractivity contribution in [2.45, 2.75) is 0 Å². The van der Waals surface area contributed by atoms with Crippen molar-refractivity contribution >= 4 is 18.0 Å². The fourth-order valence-corrected chi connectivity index (χ4v) is 0.644. The average Bonchev–Trinajstić information content (AvgIpc) is 1.69. The normalized spacial score (nSPS) is 8.71. The molecule has 0 heterocycles. The van der Waals surface area contributed by atoms with Gasteiger partial charge in [0.05, 0.1) is 0 Å². The maximum atomic E-state index is 9.62. The van der Waals surface area contributed by atoms with E-state index in [0.717, 1.165) is 12.0 Å². The number of hydrogen-bond donors (Lipinski definition) is 1. The molecule has 0 rings (SSSR count). The van der Waals surface area contributed by atoms with Gasteiger partial charge < -0.3 is 10.5 Å². The topological polar surface area (TPSA) is 43.1 Å². The first-order chi connectivity index (χ1) is 3.41. The lowest BCUT2D eigenvalue weighted by molar-refractivity contribution is -0.105. The number of aldehydes is 1. The molecule has 42 valence electrons. The Morgan fingerprint density at radius 1 is 1.71 bits per heavy atom. The van der Waals surface area contributed by atoms with Gasteiger partial charge in [-0.15, -0.1) is 0 Å². The van der Waals surface area contributed by atoms with Gasteiger partial charge in [0, 0.05) is 18.1 Å². The summed E-state index contributed by atoms with van der Waals surface area (Å²) in [4.78, 5) is 9.62. The Morgan fingerprint density at radius 3 is 2.86 bits per heavy atom. The van der Waals surface area contributed by atoms with E-state index in [0.29, 0.717) is 12.3 Å². The van der Waals surface area contributed by atoms with E-state index in [1.165, 1.54) is 0 Å². The van der Waals surface area contributed by atoms with Gasteiger partial charge in [0.1, 0.15) is 6.29 Å². The number of carbonyl (C=O) groups is 1. The predicted octanol–water partition coefficient (Wildman–Crippen LogP) is -0.123. The lowest BCUT2D eigenvalue weighted by atomic mass is 10.8. The molecule has 0 atom stereocenters. The average molecular weight is 119 g/mol. The minimum absolute atomic E-state index is 0.581. The van der Waals surface area contributed by atoms with E-state index in [2.05, 4.69) is 0 Å². The van der Waals surface area contributed by atoms with Crippen molar-refractivity contribution in [2.24, 2.45) is 5.73 Å². The van der Waals surface area contributed by atoms with E-state index in [-0.39, 0.29) is 0 Å². The SMILES string of the molecule is NCCSCC=O. The zero-order valence-corrected chi connectivity index (χ0v) is 4.91. The van der Waals surface area contributed by atoms with E-state index in [1.807, 2.05) is 0 Å². The molecule has 0 amide bonds. The van der Waals surface area contributed by atoms with Crippen LogP contribution in [0, 0.1) is 0 Å². The first-order valence-electron chi connectivity index (χ1n) is 2.13. The summed E-state index contributed by atoms with van der Waals surface area (Å²) in [6.45, 7) is 0.665. The second-order valence-corrected chi connectivity index (χ2v) is 2.18. The highest BCUT2D eigenvalue weighted by Crippen LogP contribution is 1.92. The molecule has 3 heteroatoms. The van der Waals surface area contributed by atoms with Gasteiger partial charge in [-0.05, 0) is 0 Å². The first-order valence-corrected chi connectivity index (χ1v) is 3.28. The highest BCUT2D eigenvalue weighted by Gasteiger charge is 1.79. The molecule has 0 fully saturated rings. The van der Waals surface area contributed by atoms with Crippen molar-refractivity contribution < 1.29 is 4.79 Å². The van der Waals surface area contributed by atoms with Gasteiger partial charge in [0.15, 0.2) is 0 Å². The summed E-state index contributed by atoms with van der Waals surface area (Å²) in [7, 11) is 0. The molecule has 0 saturated heterocycles. The molecule has 0 aromatic carbocycles. The van der Waals surface area contributed by atoms with Crippen LogP contribution in [0.25, 0.3) is 0 Å². The van der Waals surface area contributed by atoms with Crippen molar-refractivity contribution in [3.63, 3.8) is 0 Å². The summed E-state index contributed by atoms with van der Waals surface area (Å²) in [6, 6.07) is 0. The summed E-state index contributed by atoms with van der Waals surface area (Å²) in [5.74, 6) is 1.47. The third-order valence-corrected chi connectivity index (χ3v) is 1.34. The van der Waals surface area contributed by atoms with E-state index in [9.17, 15) is 4.79 Å². The van der Waals surface area contributed by atoms with Gasteiger partial charge in [-0.1, -0.05) is 0 Å². The van der Waals surface area contributed by atoms with Crippen LogP contribution < -0.4 is 5.73 Å². The molecule has 2 N–H and O–H groups in total. The zero-order valence-electron chi connectivity index (χ0n) is 4.09. The van der Waals surface area contributed by atoms with E-state index in [1.54, 1.807) is 11.8 Å². The minimum Gasteiger partial charge on any atom is -0.330 e. The van der Waals surface area contributed by atoms with Crippen LogP contribution in [-0.4, -0.2) is 24.3 Å². The molecule has 0 aliphatic carbocycles. The van der Waals surface area contributed by atoms with Gasteiger partial charge in [-0.2, -0.15) is 11.8 Å². The maximum Gasteiger partial charge on any atom is 0.129 e. The summed E-state index contributed by atoms with van der Waals surface area (Å²) < 4.78 is 0. The molecule has 0 aliphatic rings. The van der Waals surface area contributed by atoms with E-state index >= 15 is 0 Å². The van der Waals surface area contributed by atoms with Crippen LogP contribution in [0.5, 0.6) is 0 Å². The van der Waals surface area contributed by atoms with Crippen molar-refractivity contribution in [2.75, 3.05) is 18.1 Å². The molecule has 7 heavy (non-hydrogen) atoms. The van der Waals surface area contributed by atoms with Crippen LogP contribution in [0.1, 0.15) is 0 Å². The van der Waals surface area contributed by atoms with Crippen molar-refractivity contribution in [1.29, 1.82) is 0 Å². The molecule has 0 unspecified atom stereocenters. The van der Waals surface area contributed by atoms with E-state index in [4.69, 9.17) is 5.73 Å². The summed E-state index contributed by atoms with van der Waals surface area (Å²) >= 11 is 1.56. The molecular formula is C4H9NOS. The smallest absolute Gasteiger partial charge is 0.129 e. The van der Waals surface area contributed by atoms with Gasteiger partial charge in [0.25, 0.3) is 0 Å². The van der Waals surface area contributed by atoms with Gasteiger partial charge in [-0.25, -0.2) is 0 Å². The van der Waals surface area contributed by atoms with Crippen molar-refractivity contribution in [3.8, 4) is 0 Å². The van der Waals surface area contributed by atoms with Crippen molar-refractivity contribution in [3.05, 3.63) is 0 Å². The largest absolute Gasteiger partial charge is 0.330 e. The van der Waals surface area contributed by atoms with Crippen LogP contribution in [0.2, 0.25) is 0 Å². The fraction of sp³-hybridized carbons (Fsp3) is 0.750. The van der Waals surface area contributed by atoms with Crippen LogP contribution in [0.15, 0.2) is 0 Å². The number of nitrogens with two attached hydrogens (primary N) is 1. The summed E-state index contributed by atoms with van der Waals surface area (Å²) in [6.07, 6.45) is 0.889. The number of hydrogen-bond acceptors (Lipinski definition) is 3. The monoisotopic (exact) mass is 119 g/mol. The molecule has 2 nitrogen and oxygen atoms in total. The lowest BCUT2D eigenvalue weighted by Crippen LogP contribution is -2.01. The summed E-state index contributed by atoms with van der Waals surface area (Å²) in [5.41, 5.74) is 5.13. The first kappa shape index (κ1) is 6.98. The maximum absolute atomic E-state index is 9.62. The molecule has 0 bridgehead atoms. The molecule has 0 aromatic heterocycles. The second-order valence-electron chi connectivity index (χ2n) is 1.03. The standard InChI is InChI=1S/C4H9NOS/c5-1-3-7-4-2-6/h2H,1,3-5H2. The Hall–Kier alpha value is -0.0200. The number of carbonyl (C=O) groups excluding carboxylic acids is 1. The van der Waals surface area contributed by atoms with Crippen LogP contribution >= 0.6 is 11.8 Å². The van der Waals surface area contributed by atoms with E-state index < -0.39 is 0 Å². The zero-order chi connectivity index (χ0) is 5.54. The Morgan fingerprint density at radius 2 is 2.43 bits per heavy atom. The Kier molecular flexibility index (Phi) is 5.96. The number of thioether (sulfide) groups is 1. The van der Waals surface area contributed by atoms with Crippen LogP contribution in [0.3, 0.4) is 0 Å². The lowest BCUT2D eigenvalue weighted by Gasteiger charge is -1.86. The number of rotatable bonds is 4. The molecule has 0 aromatic rings. The third kappa shape index (κ3) is 5.98. The summed E-state index contributed by atoms with van der Waals surface area (Å²) in [5, 5.41) is 0. The Labute approximate surface area is 47.5 Å². The predicted molar refractivity (Wildman–Crippen MR) is 32.4 cm³/mol. The second kappa shape index (κ2) is 5.98. The molecule has 0 radical (unpaired) electrons. The molecule has 0 spiro atoms. The fourth-order valence-electron chi connectivity index (χ4n) is 0.215. The highest BCUT2D eigenvalue weighted by molar-refractivity contribution is 7.99. The Balaban J connectivity index is 2.56. The van der Waals surface area contributed by atoms with Crippen molar-refractivity contribution in [1.82, 2.24) is 0 Å². The van der Waals surface area contributed by atoms with Gasteiger partial charge in [-0.3, -0.25) is 0 Å². The molecule has 0 saturated carbocycles. The highest BCUT2D eigenvalue weighted by atomic mass is 32.2. The Bertz CT molecular complexity index is 49.0. The minimum atomic E-state index is 0.581. The van der Waals surface area contributed by atoms with Gasteiger partial charge in [0.2, 0.25) is 0 Å². The quantitative estimate of drug-likeness (QED) is 0.414. The van der Waals surface area contributed by atoms with Crippen LogP contribution in [0.4, 0.5) is 0 Å². The molecule has 0 aliphatic heterocycles. The third-order valence-electron chi connectivity index (χ3n) is 0.448. The molecular weight excluding hydrogens is 110 g/mol. The van der Waals surface area contributed by atoms with Crippen LogP contribution in [-0.2, 0) is 4.79 Å².